The van der Waals surface area contributed by atoms with Gasteiger partial charge in [0.05, 0.1) is 16.2 Å². The van der Waals surface area contributed by atoms with Crippen LogP contribution in [0.15, 0.2) is 6.20 Å². The van der Waals surface area contributed by atoms with Gasteiger partial charge in [-0.2, -0.15) is 0 Å². The number of carboxylic acids is 1. The highest BCUT2D eigenvalue weighted by atomic mass is 127. The number of hydrogen-bond donors (Lipinski definition) is 1. The molecule has 0 unspecified atom stereocenters. The summed E-state index contributed by atoms with van der Waals surface area (Å²) in [6.07, 6.45) is -2.91. The first kappa shape index (κ1) is 12.2. The number of nitrogens with zero attached hydrogens (tertiary/aromatic N) is 1. The smallest absolute Gasteiger partial charge is 0.307 e. The van der Waals surface area contributed by atoms with Gasteiger partial charge in [0.1, 0.15) is 5.69 Å². The van der Waals surface area contributed by atoms with E-state index >= 15 is 0 Å². The number of alkyl halides is 2. The van der Waals surface area contributed by atoms with Gasteiger partial charge in [-0.15, -0.1) is 0 Å². The van der Waals surface area contributed by atoms with Crippen molar-refractivity contribution in [2.24, 2.45) is 0 Å². The predicted octanol–water partition coefficient (Wildman–Crippen LogP) is 2.39. The molecule has 0 bridgehead atoms. The first-order chi connectivity index (χ1) is 6.93. The average Bonchev–Trinajstić information content (AvgIpc) is 2.12. The molecule has 0 amide bonds. The van der Waals surface area contributed by atoms with Crippen molar-refractivity contribution in [1.82, 2.24) is 4.98 Å². The lowest BCUT2D eigenvalue weighted by Crippen LogP contribution is -2.09. The van der Waals surface area contributed by atoms with E-state index in [-0.39, 0.29) is 9.13 Å². The molecule has 0 atom stereocenters. The zero-order chi connectivity index (χ0) is 11.6. The van der Waals surface area contributed by atoms with Crippen LogP contribution in [0.1, 0.15) is 17.7 Å². The molecule has 0 fully saturated rings. The molecule has 7 heteroatoms. The van der Waals surface area contributed by atoms with Crippen LogP contribution in [0.4, 0.5) is 13.2 Å². The lowest BCUT2D eigenvalue weighted by molar-refractivity contribution is -0.136. The van der Waals surface area contributed by atoms with Gasteiger partial charge in [-0.3, -0.25) is 9.78 Å². The van der Waals surface area contributed by atoms with E-state index in [9.17, 15) is 18.0 Å². The van der Waals surface area contributed by atoms with Crippen molar-refractivity contribution in [3.8, 4) is 0 Å². The van der Waals surface area contributed by atoms with Crippen LogP contribution in [-0.2, 0) is 11.2 Å². The van der Waals surface area contributed by atoms with Gasteiger partial charge in [0.2, 0.25) is 0 Å². The number of carboxylic acid groups (broad SMARTS) is 1. The van der Waals surface area contributed by atoms with Crippen molar-refractivity contribution in [2.75, 3.05) is 0 Å². The van der Waals surface area contributed by atoms with E-state index in [1.165, 1.54) is 22.6 Å². The van der Waals surface area contributed by atoms with Gasteiger partial charge >= 0.3 is 5.97 Å². The fourth-order valence-electron chi connectivity index (χ4n) is 1.02. The van der Waals surface area contributed by atoms with Crippen molar-refractivity contribution >= 4 is 28.6 Å². The Morgan fingerprint density at radius 2 is 2.20 bits per heavy atom. The number of pyridine rings is 1. The second-order valence-corrected chi connectivity index (χ2v) is 3.73. The van der Waals surface area contributed by atoms with E-state index in [0.29, 0.717) is 6.20 Å². The summed E-state index contributed by atoms with van der Waals surface area (Å²) in [5.74, 6) is -2.10. The van der Waals surface area contributed by atoms with Gasteiger partial charge in [-0.05, 0) is 22.6 Å². The molecule has 0 saturated heterocycles. The SMILES string of the molecule is O=C(O)Cc1c(C(F)F)ncc(F)c1I. The topological polar surface area (TPSA) is 50.2 Å². The van der Waals surface area contributed by atoms with Gasteiger partial charge in [-0.25, -0.2) is 13.2 Å². The van der Waals surface area contributed by atoms with E-state index in [0.717, 1.165) is 0 Å². The highest BCUT2D eigenvalue weighted by molar-refractivity contribution is 14.1. The summed E-state index contributed by atoms with van der Waals surface area (Å²) < 4.78 is 37.7. The van der Waals surface area contributed by atoms with Crippen LogP contribution >= 0.6 is 22.6 Å². The Morgan fingerprint density at radius 3 is 2.67 bits per heavy atom. The van der Waals surface area contributed by atoms with Gasteiger partial charge in [0, 0.05) is 5.56 Å². The highest BCUT2D eigenvalue weighted by Gasteiger charge is 2.21. The third-order valence-electron chi connectivity index (χ3n) is 1.64. The summed E-state index contributed by atoms with van der Waals surface area (Å²) in [4.78, 5) is 13.6. The molecule has 3 nitrogen and oxygen atoms in total. The second-order valence-electron chi connectivity index (χ2n) is 2.66. The fourth-order valence-corrected chi connectivity index (χ4v) is 1.63. The molecule has 1 rings (SSSR count). The predicted molar refractivity (Wildman–Crippen MR) is 53.2 cm³/mol. The first-order valence-corrected chi connectivity index (χ1v) is 4.84. The maximum absolute atomic E-state index is 13.0. The summed E-state index contributed by atoms with van der Waals surface area (Å²) in [6, 6.07) is 0. The van der Waals surface area contributed by atoms with E-state index in [1.54, 1.807) is 0 Å². The van der Waals surface area contributed by atoms with Crippen LogP contribution in [0, 0.1) is 9.39 Å². The molecule has 1 aromatic heterocycles. The van der Waals surface area contributed by atoms with Crippen LogP contribution in [0.25, 0.3) is 0 Å². The number of carbonyl (C=O) groups is 1. The number of rotatable bonds is 3. The molecule has 0 spiro atoms. The lowest BCUT2D eigenvalue weighted by Gasteiger charge is -2.08. The molecule has 0 aliphatic heterocycles. The maximum atomic E-state index is 13.0. The summed E-state index contributed by atoms with van der Waals surface area (Å²) in [5, 5.41) is 8.49. The third kappa shape index (κ3) is 2.80. The van der Waals surface area contributed by atoms with Crippen molar-refractivity contribution in [3.05, 3.63) is 26.8 Å². The normalized spacial score (nSPS) is 10.7. The molecule has 0 aliphatic rings. The van der Waals surface area contributed by atoms with E-state index in [1.807, 2.05) is 0 Å². The first-order valence-electron chi connectivity index (χ1n) is 3.76. The maximum Gasteiger partial charge on any atom is 0.307 e. The summed E-state index contributed by atoms with van der Waals surface area (Å²) >= 11 is 1.49. The van der Waals surface area contributed by atoms with Crippen LogP contribution in [-0.4, -0.2) is 16.1 Å². The lowest BCUT2D eigenvalue weighted by atomic mass is 10.1. The molecule has 1 heterocycles. The number of halogens is 4. The largest absolute Gasteiger partial charge is 0.481 e. The average molecular weight is 331 g/mol. The van der Waals surface area contributed by atoms with Crippen LogP contribution in [0.2, 0.25) is 0 Å². The molecule has 1 aromatic rings. The number of hydrogen-bond acceptors (Lipinski definition) is 2. The standard InChI is InChI=1S/C8H5F3INO2/c9-4-2-13-7(8(10)11)3(6(4)12)1-5(14)15/h2,8H,1H2,(H,14,15). The fraction of sp³-hybridized carbons (Fsp3) is 0.250. The molecular formula is C8H5F3INO2. The van der Waals surface area contributed by atoms with Crippen LogP contribution in [0.3, 0.4) is 0 Å². The summed E-state index contributed by atoms with van der Waals surface area (Å²) in [5.41, 5.74) is -0.943. The molecular weight excluding hydrogens is 326 g/mol. The van der Waals surface area contributed by atoms with Crippen LogP contribution < -0.4 is 0 Å². The molecule has 82 valence electrons. The third-order valence-corrected chi connectivity index (χ3v) is 2.80. The Morgan fingerprint density at radius 1 is 1.60 bits per heavy atom. The minimum absolute atomic E-state index is 0.125. The summed E-state index contributed by atoms with van der Waals surface area (Å²) in [6.45, 7) is 0. The molecule has 15 heavy (non-hydrogen) atoms. The van der Waals surface area contributed by atoms with E-state index in [2.05, 4.69) is 4.98 Å². The Bertz CT molecular complexity index is 398. The Labute approximate surface area is 96.5 Å². The number of aliphatic carboxylic acids is 1. The Hall–Kier alpha value is -0.860. The molecule has 0 saturated carbocycles. The Kier molecular flexibility index (Phi) is 3.89. The zero-order valence-electron chi connectivity index (χ0n) is 7.18. The summed E-state index contributed by atoms with van der Waals surface area (Å²) in [7, 11) is 0. The van der Waals surface area contributed by atoms with Crippen molar-refractivity contribution < 1.29 is 23.1 Å². The molecule has 0 aliphatic carbocycles. The van der Waals surface area contributed by atoms with Gasteiger partial charge in [0.25, 0.3) is 6.43 Å². The van der Waals surface area contributed by atoms with Crippen molar-refractivity contribution in [3.63, 3.8) is 0 Å². The minimum Gasteiger partial charge on any atom is -0.481 e. The zero-order valence-corrected chi connectivity index (χ0v) is 9.33. The number of aromatic nitrogens is 1. The Balaban J connectivity index is 3.28. The van der Waals surface area contributed by atoms with Crippen molar-refractivity contribution in [2.45, 2.75) is 12.8 Å². The van der Waals surface area contributed by atoms with Gasteiger partial charge in [-0.1, -0.05) is 0 Å². The van der Waals surface area contributed by atoms with Gasteiger partial charge < -0.3 is 5.11 Å². The quantitative estimate of drug-likeness (QED) is 0.866. The van der Waals surface area contributed by atoms with E-state index < -0.39 is 30.3 Å². The molecule has 0 radical (unpaired) electrons. The van der Waals surface area contributed by atoms with Crippen molar-refractivity contribution in [1.29, 1.82) is 0 Å². The molecule has 1 N–H and O–H groups in total. The second kappa shape index (κ2) is 4.77. The molecule has 0 aromatic carbocycles. The minimum atomic E-state index is -2.91. The van der Waals surface area contributed by atoms with Crippen LogP contribution in [0.5, 0.6) is 0 Å². The van der Waals surface area contributed by atoms with Gasteiger partial charge in [0.15, 0.2) is 5.82 Å². The monoisotopic (exact) mass is 331 g/mol. The highest BCUT2D eigenvalue weighted by Crippen LogP contribution is 2.26. The van der Waals surface area contributed by atoms with E-state index in [4.69, 9.17) is 5.11 Å².